The highest BCUT2D eigenvalue weighted by molar-refractivity contribution is 5.48. The van der Waals surface area contributed by atoms with Gasteiger partial charge in [0.2, 0.25) is 0 Å². The zero-order chi connectivity index (χ0) is 13.0. The minimum Gasteiger partial charge on any atom is -0.497 e. The monoisotopic (exact) mass is 248 g/mol. The maximum atomic E-state index is 5.19. The second kappa shape index (κ2) is 5.61. The molecule has 1 fully saturated rings. The number of rotatable bonds is 6. The van der Waals surface area contributed by atoms with Crippen LogP contribution < -0.4 is 15.0 Å². The lowest BCUT2D eigenvalue weighted by atomic mass is 9.68. The molecule has 0 bridgehead atoms. The van der Waals surface area contributed by atoms with Crippen LogP contribution in [0, 0.1) is 5.41 Å². The largest absolute Gasteiger partial charge is 0.497 e. The van der Waals surface area contributed by atoms with Crippen molar-refractivity contribution in [3.63, 3.8) is 0 Å². The van der Waals surface area contributed by atoms with Crippen LogP contribution >= 0.6 is 0 Å². The van der Waals surface area contributed by atoms with E-state index in [4.69, 9.17) is 4.74 Å². The van der Waals surface area contributed by atoms with E-state index < -0.39 is 0 Å². The molecule has 2 rings (SSSR count). The summed E-state index contributed by atoms with van der Waals surface area (Å²) in [4.78, 5) is 2.36. The SMILES string of the molecule is CNCC1(CN(C)c2ccc(OC)cc2)CCC1. The highest BCUT2D eigenvalue weighted by Gasteiger charge is 2.37. The van der Waals surface area contributed by atoms with Crippen LogP contribution in [-0.2, 0) is 0 Å². The first-order valence-corrected chi connectivity index (χ1v) is 6.69. The van der Waals surface area contributed by atoms with Crippen molar-refractivity contribution in [2.75, 3.05) is 39.2 Å². The Morgan fingerprint density at radius 2 is 1.94 bits per heavy atom. The van der Waals surface area contributed by atoms with Crippen LogP contribution in [0.1, 0.15) is 19.3 Å². The third-order valence-electron chi connectivity index (χ3n) is 4.05. The number of anilines is 1. The molecule has 1 aliphatic carbocycles. The summed E-state index contributed by atoms with van der Waals surface area (Å²) in [5.74, 6) is 0.917. The summed E-state index contributed by atoms with van der Waals surface area (Å²) in [7, 11) is 5.93. The van der Waals surface area contributed by atoms with Gasteiger partial charge in [-0.15, -0.1) is 0 Å². The molecule has 0 radical (unpaired) electrons. The van der Waals surface area contributed by atoms with Crippen molar-refractivity contribution in [3.05, 3.63) is 24.3 Å². The van der Waals surface area contributed by atoms with E-state index in [0.29, 0.717) is 5.41 Å². The van der Waals surface area contributed by atoms with E-state index >= 15 is 0 Å². The molecule has 0 unspecified atom stereocenters. The molecular formula is C15H24N2O. The van der Waals surface area contributed by atoms with E-state index in [2.05, 4.69) is 29.4 Å². The first-order valence-electron chi connectivity index (χ1n) is 6.69. The second-order valence-corrected chi connectivity index (χ2v) is 5.44. The standard InChI is InChI=1S/C15H24N2O/c1-16-11-15(9-4-10-15)12-17(2)13-5-7-14(18-3)8-6-13/h5-8,16H,4,9-12H2,1-3H3. The Kier molecular flexibility index (Phi) is 4.12. The van der Waals surface area contributed by atoms with Crippen LogP contribution in [0.4, 0.5) is 5.69 Å². The Bertz CT molecular complexity index is 371. The van der Waals surface area contributed by atoms with Crippen LogP contribution in [0.5, 0.6) is 5.75 Å². The fourth-order valence-electron chi connectivity index (χ4n) is 2.87. The van der Waals surface area contributed by atoms with Gasteiger partial charge in [0.15, 0.2) is 0 Å². The van der Waals surface area contributed by atoms with Crippen LogP contribution in [0.15, 0.2) is 24.3 Å². The lowest BCUT2D eigenvalue weighted by Gasteiger charge is -2.45. The van der Waals surface area contributed by atoms with Gasteiger partial charge in [-0.3, -0.25) is 0 Å². The lowest BCUT2D eigenvalue weighted by molar-refractivity contribution is 0.143. The van der Waals surface area contributed by atoms with Gasteiger partial charge in [0.1, 0.15) is 5.75 Å². The molecule has 1 aromatic carbocycles. The zero-order valence-electron chi connectivity index (χ0n) is 11.7. The summed E-state index contributed by atoms with van der Waals surface area (Å²) in [6, 6.07) is 8.31. The van der Waals surface area contributed by atoms with Crippen molar-refractivity contribution in [2.24, 2.45) is 5.41 Å². The fourth-order valence-corrected chi connectivity index (χ4v) is 2.87. The molecule has 3 heteroatoms. The van der Waals surface area contributed by atoms with Gasteiger partial charge in [-0.2, -0.15) is 0 Å². The average Bonchev–Trinajstić information content (AvgIpc) is 2.36. The quantitative estimate of drug-likeness (QED) is 0.837. The predicted octanol–water partition coefficient (Wildman–Crippen LogP) is 2.52. The third-order valence-corrected chi connectivity index (χ3v) is 4.05. The summed E-state index contributed by atoms with van der Waals surface area (Å²) < 4.78 is 5.19. The molecule has 3 nitrogen and oxygen atoms in total. The minimum absolute atomic E-state index is 0.476. The normalized spacial score (nSPS) is 17.1. The number of benzene rings is 1. The van der Waals surface area contributed by atoms with Gasteiger partial charge >= 0.3 is 0 Å². The van der Waals surface area contributed by atoms with Crippen LogP contribution in [0.25, 0.3) is 0 Å². The molecule has 0 aliphatic heterocycles. The Balaban J connectivity index is 1.99. The van der Waals surface area contributed by atoms with Gasteiger partial charge < -0.3 is 15.0 Å². The molecule has 0 spiro atoms. The topological polar surface area (TPSA) is 24.5 Å². The van der Waals surface area contributed by atoms with E-state index in [1.165, 1.54) is 24.9 Å². The van der Waals surface area contributed by atoms with E-state index in [0.717, 1.165) is 18.8 Å². The molecule has 0 amide bonds. The van der Waals surface area contributed by atoms with Gasteiger partial charge in [-0.25, -0.2) is 0 Å². The van der Waals surface area contributed by atoms with Gasteiger partial charge in [0, 0.05) is 31.2 Å². The minimum atomic E-state index is 0.476. The molecule has 0 saturated heterocycles. The smallest absolute Gasteiger partial charge is 0.119 e. The predicted molar refractivity (Wildman–Crippen MR) is 76.5 cm³/mol. The first kappa shape index (κ1) is 13.2. The van der Waals surface area contributed by atoms with Crippen molar-refractivity contribution in [1.82, 2.24) is 5.32 Å². The van der Waals surface area contributed by atoms with Crippen molar-refractivity contribution in [2.45, 2.75) is 19.3 Å². The van der Waals surface area contributed by atoms with Crippen molar-refractivity contribution >= 4 is 5.69 Å². The summed E-state index contributed by atoms with van der Waals surface area (Å²) in [5.41, 5.74) is 1.74. The highest BCUT2D eigenvalue weighted by atomic mass is 16.5. The molecule has 0 heterocycles. The molecule has 1 N–H and O–H groups in total. The fraction of sp³-hybridized carbons (Fsp3) is 0.600. The first-order chi connectivity index (χ1) is 8.69. The summed E-state index contributed by atoms with van der Waals surface area (Å²) in [5, 5.41) is 3.34. The Labute approximate surface area is 110 Å². The Morgan fingerprint density at radius 3 is 2.39 bits per heavy atom. The van der Waals surface area contributed by atoms with Crippen molar-refractivity contribution in [1.29, 1.82) is 0 Å². The van der Waals surface area contributed by atoms with Gasteiger partial charge in [-0.1, -0.05) is 6.42 Å². The molecular weight excluding hydrogens is 224 g/mol. The summed E-state index contributed by atoms with van der Waals surface area (Å²) in [6.07, 6.45) is 4.06. The molecule has 0 atom stereocenters. The number of nitrogens with one attached hydrogen (secondary N) is 1. The van der Waals surface area contributed by atoms with E-state index in [-0.39, 0.29) is 0 Å². The Hall–Kier alpha value is -1.22. The zero-order valence-corrected chi connectivity index (χ0v) is 11.7. The van der Waals surface area contributed by atoms with Crippen molar-refractivity contribution < 1.29 is 4.74 Å². The molecule has 1 aromatic rings. The van der Waals surface area contributed by atoms with E-state index in [9.17, 15) is 0 Å². The number of methoxy groups -OCH3 is 1. The number of ether oxygens (including phenoxy) is 1. The lowest BCUT2D eigenvalue weighted by Crippen LogP contribution is -2.47. The van der Waals surface area contributed by atoms with E-state index in [1.54, 1.807) is 7.11 Å². The van der Waals surface area contributed by atoms with Crippen LogP contribution in [0.2, 0.25) is 0 Å². The molecule has 1 aliphatic rings. The average molecular weight is 248 g/mol. The van der Waals surface area contributed by atoms with Crippen molar-refractivity contribution in [3.8, 4) is 5.75 Å². The second-order valence-electron chi connectivity index (χ2n) is 5.44. The highest BCUT2D eigenvalue weighted by Crippen LogP contribution is 2.41. The summed E-state index contributed by atoms with van der Waals surface area (Å²) in [6.45, 7) is 2.24. The third kappa shape index (κ3) is 2.78. The maximum Gasteiger partial charge on any atom is 0.119 e. The molecule has 100 valence electrons. The van der Waals surface area contributed by atoms with Gasteiger partial charge in [-0.05, 0) is 44.2 Å². The number of nitrogens with zero attached hydrogens (tertiary/aromatic N) is 1. The van der Waals surface area contributed by atoms with Crippen LogP contribution in [0.3, 0.4) is 0 Å². The molecule has 18 heavy (non-hydrogen) atoms. The molecule has 1 saturated carbocycles. The number of hydrogen-bond acceptors (Lipinski definition) is 3. The van der Waals surface area contributed by atoms with Gasteiger partial charge in [0.05, 0.1) is 7.11 Å². The number of hydrogen-bond donors (Lipinski definition) is 1. The van der Waals surface area contributed by atoms with E-state index in [1.807, 2.05) is 19.2 Å². The Morgan fingerprint density at radius 1 is 1.28 bits per heavy atom. The van der Waals surface area contributed by atoms with Gasteiger partial charge in [0.25, 0.3) is 0 Å². The maximum absolute atomic E-state index is 5.19. The van der Waals surface area contributed by atoms with Crippen LogP contribution in [-0.4, -0.2) is 34.3 Å². The molecule has 0 aromatic heterocycles. The summed E-state index contributed by atoms with van der Waals surface area (Å²) >= 11 is 0.